The standard InChI is InChI=1S/C9H12N2O3/c10-8-6-7(2-1-5-12)3-4-9(8)11(13)14/h3-4,6,12H,1-2,5,10H2. The van der Waals surface area contributed by atoms with Crippen LogP contribution in [0.1, 0.15) is 12.0 Å². The lowest BCUT2D eigenvalue weighted by Gasteiger charge is -2.01. The second kappa shape index (κ2) is 4.57. The van der Waals surface area contributed by atoms with Gasteiger partial charge in [0.15, 0.2) is 0 Å². The topological polar surface area (TPSA) is 89.4 Å². The number of nitrogens with zero attached hydrogens (tertiary/aromatic N) is 1. The zero-order valence-electron chi connectivity index (χ0n) is 7.64. The van der Waals surface area contributed by atoms with Crippen LogP contribution in [0.4, 0.5) is 11.4 Å². The maximum atomic E-state index is 10.4. The predicted molar refractivity (Wildman–Crippen MR) is 52.9 cm³/mol. The second-order valence-corrected chi connectivity index (χ2v) is 2.98. The van der Waals surface area contributed by atoms with E-state index >= 15 is 0 Å². The number of nitrogens with two attached hydrogens (primary N) is 1. The smallest absolute Gasteiger partial charge is 0.292 e. The molecular weight excluding hydrogens is 184 g/mol. The molecule has 0 aliphatic heterocycles. The van der Waals surface area contributed by atoms with Gasteiger partial charge in [-0.1, -0.05) is 6.07 Å². The number of rotatable bonds is 4. The van der Waals surface area contributed by atoms with Crippen molar-refractivity contribution in [2.75, 3.05) is 12.3 Å². The summed E-state index contributed by atoms with van der Waals surface area (Å²) >= 11 is 0. The highest BCUT2D eigenvalue weighted by molar-refractivity contribution is 5.59. The van der Waals surface area contributed by atoms with Crippen molar-refractivity contribution in [1.82, 2.24) is 0 Å². The lowest BCUT2D eigenvalue weighted by Crippen LogP contribution is -1.97. The number of aryl methyl sites for hydroxylation is 1. The summed E-state index contributed by atoms with van der Waals surface area (Å²) in [7, 11) is 0. The van der Waals surface area contributed by atoms with E-state index in [1.807, 2.05) is 0 Å². The molecule has 0 saturated heterocycles. The third kappa shape index (κ3) is 2.43. The molecule has 0 amide bonds. The molecule has 0 radical (unpaired) electrons. The Morgan fingerprint density at radius 1 is 1.50 bits per heavy atom. The van der Waals surface area contributed by atoms with Crippen LogP contribution in [0.15, 0.2) is 18.2 Å². The van der Waals surface area contributed by atoms with Gasteiger partial charge in [0.1, 0.15) is 5.69 Å². The Bertz CT molecular complexity index is 339. The van der Waals surface area contributed by atoms with Crippen molar-refractivity contribution in [2.24, 2.45) is 0 Å². The van der Waals surface area contributed by atoms with E-state index in [-0.39, 0.29) is 18.0 Å². The quantitative estimate of drug-likeness (QED) is 0.428. The van der Waals surface area contributed by atoms with Gasteiger partial charge >= 0.3 is 0 Å². The molecule has 3 N–H and O–H groups in total. The number of aliphatic hydroxyl groups is 1. The molecule has 5 nitrogen and oxygen atoms in total. The molecule has 0 bridgehead atoms. The zero-order valence-corrected chi connectivity index (χ0v) is 7.64. The van der Waals surface area contributed by atoms with Crippen LogP contribution >= 0.6 is 0 Å². The Morgan fingerprint density at radius 3 is 2.71 bits per heavy atom. The lowest BCUT2D eigenvalue weighted by atomic mass is 10.1. The fourth-order valence-corrected chi connectivity index (χ4v) is 1.21. The van der Waals surface area contributed by atoms with Crippen LogP contribution < -0.4 is 5.73 Å². The van der Waals surface area contributed by atoms with E-state index in [0.29, 0.717) is 12.8 Å². The molecule has 5 heteroatoms. The molecule has 76 valence electrons. The fraction of sp³-hybridized carbons (Fsp3) is 0.333. The average molecular weight is 196 g/mol. The number of nitro groups is 1. The van der Waals surface area contributed by atoms with Gasteiger partial charge in [-0.05, 0) is 24.5 Å². The van der Waals surface area contributed by atoms with Gasteiger partial charge in [-0.25, -0.2) is 0 Å². The van der Waals surface area contributed by atoms with Gasteiger partial charge in [0.2, 0.25) is 0 Å². The number of hydrogen-bond acceptors (Lipinski definition) is 4. The normalized spacial score (nSPS) is 10.1. The van der Waals surface area contributed by atoms with Crippen LogP contribution in [0.5, 0.6) is 0 Å². The van der Waals surface area contributed by atoms with Gasteiger partial charge in [0.05, 0.1) is 4.92 Å². The highest BCUT2D eigenvalue weighted by atomic mass is 16.6. The molecule has 1 aromatic rings. The first-order valence-electron chi connectivity index (χ1n) is 4.29. The minimum atomic E-state index is -0.509. The van der Waals surface area contributed by atoms with E-state index in [0.717, 1.165) is 5.56 Å². The van der Waals surface area contributed by atoms with Crippen molar-refractivity contribution in [2.45, 2.75) is 12.8 Å². The van der Waals surface area contributed by atoms with Crippen LogP contribution in [-0.4, -0.2) is 16.6 Å². The third-order valence-corrected chi connectivity index (χ3v) is 1.91. The van der Waals surface area contributed by atoms with Gasteiger partial charge in [-0.2, -0.15) is 0 Å². The number of benzene rings is 1. The zero-order chi connectivity index (χ0) is 10.6. The van der Waals surface area contributed by atoms with E-state index < -0.39 is 4.92 Å². The lowest BCUT2D eigenvalue weighted by molar-refractivity contribution is -0.383. The Hall–Kier alpha value is -1.62. The van der Waals surface area contributed by atoms with Crippen LogP contribution in [0.3, 0.4) is 0 Å². The minimum Gasteiger partial charge on any atom is -0.396 e. The summed E-state index contributed by atoms with van der Waals surface area (Å²) in [6, 6.07) is 4.62. The van der Waals surface area contributed by atoms with Crippen molar-refractivity contribution >= 4 is 11.4 Å². The highest BCUT2D eigenvalue weighted by Gasteiger charge is 2.10. The Labute approximate surface area is 81.3 Å². The van der Waals surface area contributed by atoms with E-state index in [2.05, 4.69) is 0 Å². The second-order valence-electron chi connectivity index (χ2n) is 2.98. The summed E-state index contributed by atoms with van der Waals surface area (Å²) in [5, 5.41) is 19.0. The van der Waals surface area contributed by atoms with Crippen molar-refractivity contribution in [1.29, 1.82) is 0 Å². The molecule has 0 atom stereocenters. The fourth-order valence-electron chi connectivity index (χ4n) is 1.21. The van der Waals surface area contributed by atoms with Crippen LogP contribution in [-0.2, 0) is 6.42 Å². The molecule has 0 saturated carbocycles. The molecule has 0 heterocycles. The minimum absolute atomic E-state index is 0.0715. The third-order valence-electron chi connectivity index (χ3n) is 1.91. The molecule has 0 fully saturated rings. The first-order valence-corrected chi connectivity index (χ1v) is 4.29. The van der Waals surface area contributed by atoms with Gasteiger partial charge in [-0.15, -0.1) is 0 Å². The summed E-state index contributed by atoms with van der Waals surface area (Å²) in [5.74, 6) is 0. The molecule has 0 unspecified atom stereocenters. The molecule has 0 aromatic heterocycles. The summed E-state index contributed by atoms with van der Waals surface area (Å²) < 4.78 is 0. The summed E-state index contributed by atoms with van der Waals surface area (Å²) in [6.07, 6.45) is 1.32. The number of nitro benzene ring substituents is 1. The number of hydrogen-bond donors (Lipinski definition) is 2. The van der Waals surface area contributed by atoms with Crippen LogP contribution in [0.25, 0.3) is 0 Å². The van der Waals surface area contributed by atoms with E-state index in [1.165, 1.54) is 6.07 Å². The SMILES string of the molecule is Nc1cc(CCCO)ccc1[N+](=O)[O-]. The number of anilines is 1. The molecule has 0 aliphatic rings. The van der Waals surface area contributed by atoms with E-state index in [9.17, 15) is 10.1 Å². The van der Waals surface area contributed by atoms with Gasteiger partial charge < -0.3 is 10.8 Å². The van der Waals surface area contributed by atoms with Crippen molar-refractivity contribution in [3.8, 4) is 0 Å². The van der Waals surface area contributed by atoms with Crippen molar-refractivity contribution in [3.63, 3.8) is 0 Å². The van der Waals surface area contributed by atoms with Gasteiger partial charge in [0, 0.05) is 12.7 Å². The Kier molecular flexibility index (Phi) is 3.41. The van der Waals surface area contributed by atoms with Gasteiger partial charge in [0.25, 0.3) is 5.69 Å². The van der Waals surface area contributed by atoms with E-state index in [4.69, 9.17) is 10.8 Å². The number of aliphatic hydroxyl groups excluding tert-OH is 1. The number of nitrogen functional groups attached to an aromatic ring is 1. The van der Waals surface area contributed by atoms with Crippen LogP contribution in [0.2, 0.25) is 0 Å². The first kappa shape index (κ1) is 10.5. The first-order chi connectivity index (χ1) is 6.65. The highest BCUT2D eigenvalue weighted by Crippen LogP contribution is 2.22. The molecule has 1 rings (SSSR count). The Morgan fingerprint density at radius 2 is 2.21 bits per heavy atom. The Balaban J connectivity index is 2.83. The molecule has 14 heavy (non-hydrogen) atoms. The van der Waals surface area contributed by atoms with Crippen molar-refractivity contribution in [3.05, 3.63) is 33.9 Å². The average Bonchev–Trinajstić information content (AvgIpc) is 2.14. The molecule has 0 aliphatic carbocycles. The summed E-state index contributed by atoms with van der Waals surface area (Å²) in [4.78, 5) is 9.92. The molecule has 0 spiro atoms. The maximum Gasteiger partial charge on any atom is 0.292 e. The molecular formula is C9H12N2O3. The predicted octanol–water partition coefficient (Wildman–Crippen LogP) is 1.10. The van der Waals surface area contributed by atoms with E-state index in [1.54, 1.807) is 12.1 Å². The summed E-state index contributed by atoms with van der Waals surface area (Å²) in [6.45, 7) is 0.108. The maximum absolute atomic E-state index is 10.4. The van der Waals surface area contributed by atoms with Crippen LogP contribution in [0, 0.1) is 10.1 Å². The van der Waals surface area contributed by atoms with Gasteiger partial charge in [-0.3, -0.25) is 10.1 Å². The monoisotopic (exact) mass is 196 g/mol. The van der Waals surface area contributed by atoms with Crippen molar-refractivity contribution < 1.29 is 10.0 Å². The largest absolute Gasteiger partial charge is 0.396 e. The molecule has 1 aromatic carbocycles. The summed E-state index contributed by atoms with van der Waals surface area (Å²) in [5.41, 5.74) is 6.49.